The molecule has 1 saturated carbocycles. The van der Waals surface area contributed by atoms with Gasteiger partial charge in [0.15, 0.2) is 0 Å². The SMILES string of the molecule is COC1(CNCc2nnc3n2CCCC3)CCC1. The molecule has 1 N–H and O–H groups in total. The topological polar surface area (TPSA) is 52.0 Å². The fraction of sp³-hybridized carbons (Fsp3) is 0.846. The largest absolute Gasteiger partial charge is 0.377 e. The van der Waals surface area contributed by atoms with Crippen molar-refractivity contribution in [1.29, 1.82) is 0 Å². The number of hydrogen-bond donors (Lipinski definition) is 1. The van der Waals surface area contributed by atoms with Crippen LogP contribution in [0.1, 0.15) is 43.8 Å². The van der Waals surface area contributed by atoms with Gasteiger partial charge < -0.3 is 14.6 Å². The van der Waals surface area contributed by atoms with Crippen LogP contribution in [0.3, 0.4) is 0 Å². The lowest BCUT2D eigenvalue weighted by Crippen LogP contribution is -2.47. The lowest BCUT2D eigenvalue weighted by atomic mass is 9.80. The molecule has 0 unspecified atom stereocenters. The minimum absolute atomic E-state index is 0.0880. The molecule has 2 heterocycles. The maximum absolute atomic E-state index is 5.60. The van der Waals surface area contributed by atoms with Crippen molar-refractivity contribution in [3.63, 3.8) is 0 Å². The quantitative estimate of drug-likeness (QED) is 0.855. The number of ether oxygens (including phenoxy) is 1. The fourth-order valence-electron chi connectivity index (χ4n) is 2.93. The van der Waals surface area contributed by atoms with E-state index in [1.165, 1.54) is 32.1 Å². The number of aromatic nitrogens is 3. The third-order valence-electron chi connectivity index (χ3n) is 4.36. The van der Waals surface area contributed by atoms with E-state index in [1.54, 1.807) is 0 Å². The van der Waals surface area contributed by atoms with Gasteiger partial charge in [0.2, 0.25) is 0 Å². The van der Waals surface area contributed by atoms with E-state index < -0.39 is 0 Å². The average molecular weight is 250 g/mol. The number of rotatable bonds is 5. The number of nitrogens with zero attached hydrogens (tertiary/aromatic N) is 3. The third-order valence-corrected chi connectivity index (χ3v) is 4.36. The van der Waals surface area contributed by atoms with Crippen molar-refractivity contribution in [2.24, 2.45) is 0 Å². The highest BCUT2D eigenvalue weighted by Crippen LogP contribution is 2.34. The zero-order valence-electron chi connectivity index (χ0n) is 11.1. The number of methoxy groups -OCH3 is 1. The summed E-state index contributed by atoms with van der Waals surface area (Å²) in [6.45, 7) is 2.80. The van der Waals surface area contributed by atoms with E-state index in [0.29, 0.717) is 0 Å². The van der Waals surface area contributed by atoms with Crippen molar-refractivity contribution in [3.05, 3.63) is 11.6 Å². The Kier molecular flexibility index (Phi) is 3.35. The third kappa shape index (κ3) is 2.17. The Morgan fingerprint density at radius 2 is 2.17 bits per heavy atom. The van der Waals surface area contributed by atoms with Crippen LogP contribution in [0.15, 0.2) is 0 Å². The Labute approximate surface area is 108 Å². The maximum Gasteiger partial charge on any atom is 0.147 e. The Morgan fingerprint density at radius 3 is 2.89 bits per heavy atom. The van der Waals surface area contributed by atoms with Gasteiger partial charge in [0, 0.05) is 26.6 Å². The van der Waals surface area contributed by atoms with Gasteiger partial charge in [-0.2, -0.15) is 0 Å². The van der Waals surface area contributed by atoms with Crippen LogP contribution in [0.2, 0.25) is 0 Å². The van der Waals surface area contributed by atoms with Crippen LogP contribution in [-0.2, 0) is 24.2 Å². The summed E-state index contributed by atoms with van der Waals surface area (Å²) < 4.78 is 7.88. The summed E-state index contributed by atoms with van der Waals surface area (Å²) in [5.74, 6) is 2.23. The molecule has 0 radical (unpaired) electrons. The Hall–Kier alpha value is -0.940. The number of nitrogens with one attached hydrogen (secondary N) is 1. The predicted molar refractivity (Wildman–Crippen MR) is 68.3 cm³/mol. The van der Waals surface area contributed by atoms with Crippen LogP contribution < -0.4 is 5.32 Å². The summed E-state index contributed by atoms with van der Waals surface area (Å²) in [6, 6.07) is 0. The molecule has 1 fully saturated rings. The molecular weight excluding hydrogens is 228 g/mol. The molecule has 0 amide bonds. The maximum atomic E-state index is 5.60. The first kappa shape index (κ1) is 12.1. The number of fused-ring (bicyclic) bond motifs is 1. The van der Waals surface area contributed by atoms with E-state index in [-0.39, 0.29) is 5.60 Å². The van der Waals surface area contributed by atoms with Crippen molar-refractivity contribution in [2.45, 2.75) is 57.2 Å². The van der Waals surface area contributed by atoms with Gasteiger partial charge in [0.1, 0.15) is 11.6 Å². The first-order chi connectivity index (χ1) is 8.83. The molecule has 1 aliphatic heterocycles. The molecule has 3 rings (SSSR count). The molecule has 0 aromatic carbocycles. The van der Waals surface area contributed by atoms with Crippen molar-refractivity contribution in [2.75, 3.05) is 13.7 Å². The number of hydrogen-bond acceptors (Lipinski definition) is 4. The molecule has 0 bridgehead atoms. The highest BCUT2D eigenvalue weighted by Gasteiger charge is 2.36. The van der Waals surface area contributed by atoms with E-state index in [2.05, 4.69) is 20.1 Å². The highest BCUT2D eigenvalue weighted by molar-refractivity contribution is 4.99. The van der Waals surface area contributed by atoms with Gasteiger partial charge in [0.05, 0.1) is 12.1 Å². The zero-order chi connectivity index (χ0) is 12.4. The monoisotopic (exact) mass is 250 g/mol. The smallest absolute Gasteiger partial charge is 0.147 e. The lowest BCUT2D eigenvalue weighted by molar-refractivity contribution is -0.0696. The molecule has 5 heteroatoms. The van der Waals surface area contributed by atoms with Gasteiger partial charge >= 0.3 is 0 Å². The minimum Gasteiger partial charge on any atom is -0.377 e. The molecule has 100 valence electrons. The molecule has 2 aliphatic rings. The first-order valence-electron chi connectivity index (χ1n) is 7.00. The second-order valence-corrected chi connectivity index (χ2v) is 5.49. The zero-order valence-corrected chi connectivity index (χ0v) is 11.1. The molecule has 0 spiro atoms. The van der Waals surface area contributed by atoms with Crippen LogP contribution in [0.25, 0.3) is 0 Å². The molecule has 1 aliphatic carbocycles. The van der Waals surface area contributed by atoms with Gasteiger partial charge in [-0.25, -0.2) is 0 Å². The molecule has 1 aromatic rings. The molecule has 0 atom stereocenters. The normalized spacial score (nSPS) is 21.4. The first-order valence-corrected chi connectivity index (χ1v) is 7.00. The van der Waals surface area contributed by atoms with Crippen LogP contribution >= 0.6 is 0 Å². The summed E-state index contributed by atoms with van der Waals surface area (Å²) in [5.41, 5.74) is 0.0880. The van der Waals surface area contributed by atoms with Crippen LogP contribution in [0, 0.1) is 0 Å². The van der Waals surface area contributed by atoms with Crippen LogP contribution in [-0.4, -0.2) is 34.0 Å². The molecular formula is C13H22N4O. The molecule has 1 aromatic heterocycles. The Bertz CT molecular complexity index is 406. The van der Waals surface area contributed by atoms with Crippen LogP contribution in [0.5, 0.6) is 0 Å². The van der Waals surface area contributed by atoms with E-state index in [0.717, 1.165) is 37.7 Å². The van der Waals surface area contributed by atoms with Crippen molar-refractivity contribution in [3.8, 4) is 0 Å². The van der Waals surface area contributed by atoms with E-state index >= 15 is 0 Å². The van der Waals surface area contributed by atoms with E-state index in [9.17, 15) is 0 Å². The van der Waals surface area contributed by atoms with Crippen molar-refractivity contribution in [1.82, 2.24) is 20.1 Å². The molecule has 5 nitrogen and oxygen atoms in total. The lowest BCUT2D eigenvalue weighted by Gasteiger charge is -2.40. The van der Waals surface area contributed by atoms with E-state index in [1.807, 2.05) is 7.11 Å². The second kappa shape index (κ2) is 4.97. The van der Waals surface area contributed by atoms with E-state index in [4.69, 9.17) is 4.74 Å². The molecule has 0 saturated heterocycles. The highest BCUT2D eigenvalue weighted by atomic mass is 16.5. The predicted octanol–water partition coefficient (Wildman–Crippen LogP) is 1.27. The summed E-state index contributed by atoms with van der Waals surface area (Å²) in [5, 5.41) is 12.0. The van der Waals surface area contributed by atoms with Crippen molar-refractivity contribution < 1.29 is 4.74 Å². The van der Waals surface area contributed by atoms with Crippen molar-refractivity contribution >= 4 is 0 Å². The second-order valence-electron chi connectivity index (χ2n) is 5.49. The van der Waals surface area contributed by atoms with Gasteiger partial charge in [0.25, 0.3) is 0 Å². The fourth-order valence-corrected chi connectivity index (χ4v) is 2.93. The molecule has 18 heavy (non-hydrogen) atoms. The standard InChI is InChI=1S/C13H22N4O/c1-18-13(6-4-7-13)10-14-9-12-16-15-11-5-2-3-8-17(11)12/h14H,2-10H2,1H3. The van der Waals surface area contributed by atoms with Gasteiger partial charge in [-0.3, -0.25) is 0 Å². The summed E-state index contributed by atoms with van der Waals surface area (Å²) in [6.07, 6.45) is 7.21. The Balaban J connectivity index is 1.55. The summed E-state index contributed by atoms with van der Waals surface area (Å²) in [4.78, 5) is 0. The van der Waals surface area contributed by atoms with Crippen LogP contribution in [0.4, 0.5) is 0 Å². The summed E-state index contributed by atoms with van der Waals surface area (Å²) >= 11 is 0. The van der Waals surface area contributed by atoms with Gasteiger partial charge in [-0.15, -0.1) is 10.2 Å². The van der Waals surface area contributed by atoms with Gasteiger partial charge in [-0.05, 0) is 32.1 Å². The minimum atomic E-state index is 0.0880. The number of aryl methyl sites for hydroxylation is 1. The average Bonchev–Trinajstić information content (AvgIpc) is 2.76. The Morgan fingerprint density at radius 1 is 1.28 bits per heavy atom. The summed E-state index contributed by atoms with van der Waals surface area (Å²) in [7, 11) is 1.82. The van der Waals surface area contributed by atoms with Gasteiger partial charge in [-0.1, -0.05) is 0 Å².